The number of rotatable bonds is 4. The van der Waals surface area contributed by atoms with Crippen molar-refractivity contribution in [3.63, 3.8) is 0 Å². The van der Waals surface area contributed by atoms with Gasteiger partial charge in [0.15, 0.2) is 5.75 Å². The van der Waals surface area contributed by atoms with Gasteiger partial charge < -0.3 is 10.5 Å². The van der Waals surface area contributed by atoms with E-state index < -0.39 is 18.6 Å². The third-order valence-corrected chi connectivity index (χ3v) is 2.17. The van der Waals surface area contributed by atoms with Crippen molar-refractivity contribution >= 4 is 0 Å². The van der Waals surface area contributed by atoms with Crippen molar-refractivity contribution in [1.82, 2.24) is 9.78 Å². The van der Waals surface area contributed by atoms with E-state index in [0.717, 1.165) is 0 Å². The maximum Gasteiger partial charge on any atom is 0.390 e. The molecule has 0 spiro atoms. The van der Waals surface area contributed by atoms with Crippen molar-refractivity contribution in [3.05, 3.63) is 11.9 Å². The van der Waals surface area contributed by atoms with Crippen molar-refractivity contribution in [2.75, 3.05) is 7.11 Å². The molecule has 1 rings (SSSR count). The molecule has 16 heavy (non-hydrogen) atoms. The summed E-state index contributed by atoms with van der Waals surface area (Å²) in [6, 6.07) is -1.16. The summed E-state index contributed by atoms with van der Waals surface area (Å²) < 4.78 is 43.0. The zero-order valence-corrected chi connectivity index (χ0v) is 9.08. The quantitative estimate of drug-likeness (QED) is 0.869. The van der Waals surface area contributed by atoms with Crippen molar-refractivity contribution < 1.29 is 17.9 Å². The van der Waals surface area contributed by atoms with Crippen LogP contribution >= 0.6 is 0 Å². The van der Waals surface area contributed by atoms with E-state index in [1.54, 1.807) is 6.92 Å². The first kappa shape index (κ1) is 12.8. The molecular weight excluding hydrogens is 223 g/mol. The van der Waals surface area contributed by atoms with E-state index in [0.29, 0.717) is 12.3 Å². The first-order chi connectivity index (χ1) is 7.39. The van der Waals surface area contributed by atoms with E-state index in [9.17, 15) is 13.2 Å². The molecule has 0 saturated carbocycles. The fourth-order valence-electron chi connectivity index (χ4n) is 1.51. The second-order valence-corrected chi connectivity index (χ2v) is 3.34. The van der Waals surface area contributed by atoms with Gasteiger partial charge in [-0.25, -0.2) is 0 Å². The van der Waals surface area contributed by atoms with Crippen molar-refractivity contribution in [2.45, 2.75) is 32.1 Å². The van der Waals surface area contributed by atoms with Crippen LogP contribution in [-0.4, -0.2) is 23.1 Å². The fraction of sp³-hybridized carbons (Fsp3) is 0.667. The Kier molecular flexibility index (Phi) is 3.79. The van der Waals surface area contributed by atoms with Gasteiger partial charge in [0.05, 0.1) is 31.5 Å². The monoisotopic (exact) mass is 237 g/mol. The topological polar surface area (TPSA) is 53.1 Å². The van der Waals surface area contributed by atoms with E-state index in [4.69, 9.17) is 10.5 Å². The van der Waals surface area contributed by atoms with Crippen molar-refractivity contribution in [1.29, 1.82) is 0 Å². The Balaban J connectivity index is 2.96. The van der Waals surface area contributed by atoms with E-state index in [1.807, 2.05) is 0 Å². The zero-order valence-electron chi connectivity index (χ0n) is 9.08. The highest BCUT2D eigenvalue weighted by molar-refractivity contribution is 5.28. The number of halogens is 3. The summed E-state index contributed by atoms with van der Waals surface area (Å²) in [7, 11) is 1.38. The number of hydrogen-bond acceptors (Lipinski definition) is 3. The largest absolute Gasteiger partial charge is 0.493 e. The molecular formula is C9H14F3N3O. The van der Waals surface area contributed by atoms with Gasteiger partial charge in [-0.05, 0) is 6.92 Å². The number of methoxy groups -OCH3 is 1. The molecule has 0 amide bonds. The Morgan fingerprint density at radius 2 is 2.19 bits per heavy atom. The molecule has 1 heterocycles. The second kappa shape index (κ2) is 4.73. The normalized spacial score (nSPS) is 13.9. The van der Waals surface area contributed by atoms with Gasteiger partial charge in [-0.2, -0.15) is 18.3 Å². The molecule has 1 atom stereocenters. The Morgan fingerprint density at radius 3 is 2.62 bits per heavy atom. The van der Waals surface area contributed by atoms with Gasteiger partial charge in [0, 0.05) is 6.54 Å². The molecule has 1 aromatic rings. The minimum Gasteiger partial charge on any atom is -0.493 e. The highest BCUT2D eigenvalue weighted by Gasteiger charge is 2.33. The van der Waals surface area contributed by atoms with Crippen LogP contribution in [0.2, 0.25) is 0 Å². The van der Waals surface area contributed by atoms with Gasteiger partial charge >= 0.3 is 6.18 Å². The molecule has 0 aromatic carbocycles. The smallest absolute Gasteiger partial charge is 0.390 e. The minimum absolute atomic E-state index is 0.280. The summed E-state index contributed by atoms with van der Waals surface area (Å²) in [5.41, 5.74) is 5.80. The summed E-state index contributed by atoms with van der Waals surface area (Å²) in [5.74, 6) is 0.290. The number of aryl methyl sites for hydroxylation is 1. The third kappa shape index (κ3) is 2.88. The fourth-order valence-corrected chi connectivity index (χ4v) is 1.51. The Labute approximate surface area is 91.2 Å². The highest BCUT2D eigenvalue weighted by atomic mass is 19.4. The van der Waals surface area contributed by atoms with E-state index in [1.165, 1.54) is 18.0 Å². The number of aromatic nitrogens is 2. The second-order valence-electron chi connectivity index (χ2n) is 3.34. The van der Waals surface area contributed by atoms with Gasteiger partial charge in [0.1, 0.15) is 0 Å². The summed E-state index contributed by atoms with van der Waals surface area (Å²) in [4.78, 5) is 0. The van der Waals surface area contributed by atoms with Gasteiger partial charge in [-0.15, -0.1) is 0 Å². The van der Waals surface area contributed by atoms with Crippen LogP contribution in [0.15, 0.2) is 6.20 Å². The van der Waals surface area contributed by atoms with Crippen molar-refractivity contribution in [2.24, 2.45) is 5.73 Å². The van der Waals surface area contributed by atoms with Crippen LogP contribution in [0.25, 0.3) is 0 Å². The molecule has 1 aromatic heterocycles. The number of ether oxygens (including phenoxy) is 1. The van der Waals surface area contributed by atoms with Crippen LogP contribution in [0, 0.1) is 0 Å². The molecule has 1 unspecified atom stereocenters. The molecule has 0 aliphatic heterocycles. The lowest BCUT2D eigenvalue weighted by atomic mass is 10.1. The van der Waals surface area contributed by atoms with Crippen LogP contribution in [0.1, 0.15) is 25.1 Å². The van der Waals surface area contributed by atoms with Crippen LogP contribution in [-0.2, 0) is 6.54 Å². The average molecular weight is 237 g/mol. The average Bonchev–Trinajstić information content (AvgIpc) is 2.57. The maximum atomic E-state index is 12.2. The lowest BCUT2D eigenvalue weighted by Gasteiger charge is -2.16. The lowest BCUT2D eigenvalue weighted by molar-refractivity contribution is -0.138. The minimum atomic E-state index is -4.30. The van der Waals surface area contributed by atoms with Gasteiger partial charge in [0.25, 0.3) is 0 Å². The molecule has 0 aliphatic carbocycles. The molecule has 0 saturated heterocycles. The molecule has 92 valence electrons. The van der Waals surface area contributed by atoms with Gasteiger partial charge in [0.2, 0.25) is 0 Å². The summed E-state index contributed by atoms with van der Waals surface area (Å²) in [6.07, 6.45) is -4.02. The predicted molar refractivity (Wildman–Crippen MR) is 52.1 cm³/mol. The SMILES string of the molecule is CCn1ncc(OC)c1C(N)CC(F)(F)F. The zero-order chi connectivity index (χ0) is 12.3. The summed E-state index contributed by atoms with van der Waals surface area (Å²) in [6.45, 7) is 2.22. The van der Waals surface area contributed by atoms with E-state index in [2.05, 4.69) is 5.10 Å². The molecule has 7 heteroatoms. The first-order valence-corrected chi connectivity index (χ1v) is 4.81. The van der Waals surface area contributed by atoms with Crippen LogP contribution in [0.5, 0.6) is 5.75 Å². The molecule has 0 aliphatic rings. The molecule has 0 fully saturated rings. The third-order valence-electron chi connectivity index (χ3n) is 2.17. The lowest BCUT2D eigenvalue weighted by Crippen LogP contribution is -2.23. The van der Waals surface area contributed by atoms with Crippen LogP contribution < -0.4 is 10.5 Å². The van der Waals surface area contributed by atoms with Gasteiger partial charge in [-0.3, -0.25) is 4.68 Å². The number of hydrogen-bond donors (Lipinski definition) is 1. The summed E-state index contributed by atoms with van der Waals surface area (Å²) in [5, 5.41) is 3.90. The maximum absolute atomic E-state index is 12.2. The van der Waals surface area contributed by atoms with E-state index in [-0.39, 0.29) is 5.69 Å². The van der Waals surface area contributed by atoms with Crippen LogP contribution in [0.4, 0.5) is 13.2 Å². The van der Waals surface area contributed by atoms with E-state index >= 15 is 0 Å². The Bertz CT molecular complexity index is 327. The Morgan fingerprint density at radius 1 is 1.56 bits per heavy atom. The molecule has 2 N–H and O–H groups in total. The highest BCUT2D eigenvalue weighted by Crippen LogP contribution is 2.32. The first-order valence-electron chi connectivity index (χ1n) is 4.81. The number of alkyl halides is 3. The number of nitrogens with zero attached hydrogens (tertiary/aromatic N) is 2. The van der Waals surface area contributed by atoms with Crippen molar-refractivity contribution in [3.8, 4) is 5.75 Å². The van der Waals surface area contributed by atoms with Crippen LogP contribution in [0.3, 0.4) is 0 Å². The Hall–Kier alpha value is -1.24. The van der Waals surface area contributed by atoms with Gasteiger partial charge in [-0.1, -0.05) is 0 Å². The predicted octanol–water partition coefficient (Wildman–Crippen LogP) is 1.86. The standard InChI is InChI=1S/C9H14F3N3O/c1-3-15-8(7(16-2)5-14-15)6(13)4-9(10,11)12/h5-6H,3-4,13H2,1-2H3. The molecule has 0 radical (unpaired) electrons. The number of nitrogens with two attached hydrogens (primary N) is 1. The molecule has 4 nitrogen and oxygen atoms in total. The molecule has 0 bridgehead atoms. The summed E-state index contributed by atoms with van der Waals surface area (Å²) >= 11 is 0.